The van der Waals surface area contributed by atoms with Crippen molar-refractivity contribution in [1.82, 2.24) is 5.32 Å². The largest absolute Gasteiger partial charge is 0.427 e. The number of ether oxygens (including phenoxy) is 3. The molecule has 0 aliphatic carbocycles. The predicted molar refractivity (Wildman–Crippen MR) is 77.0 cm³/mol. The van der Waals surface area contributed by atoms with Gasteiger partial charge in [-0.05, 0) is 32.9 Å². The molecular weight excluding hydrogens is 290 g/mol. The second-order valence-corrected chi connectivity index (χ2v) is 5.37. The van der Waals surface area contributed by atoms with Crippen molar-refractivity contribution in [3.05, 3.63) is 30.3 Å². The summed E-state index contributed by atoms with van der Waals surface area (Å²) in [5.41, 5.74) is -0.681. The lowest BCUT2D eigenvalue weighted by atomic mass is 9.98. The van der Waals surface area contributed by atoms with E-state index in [4.69, 9.17) is 9.47 Å². The summed E-state index contributed by atoms with van der Waals surface area (Å²) in [6.45, 7) is 4.15. The zero-order valence-electron chi connectivity index (χ0n) is 12.8. The van der Waals surface area contributed by atoms with Crippen molar-refractivity contribution >= 4 is 18.0 Å². The van der Waals surface area contributed by atoms with Crippen LogP contribution < -0.4 is 10.1 Å². The summed E-state index contributed by atoms with van der Waals surface area (Å²) >= 11 is 0. The molecule has 0 saturated heterocycles. The first-order valence-corrected chi connectivity index (χ1v) is 6.62. The number of rotatable bonds is 5. The molecule has 22 heavy (non-hydrogen) atoms. The van der Waals surface area contributed by atoms with E-state index in [2.05, 4.69) is 10.1 Å². The van der Waals surface area contributed by atoms with Crippen molar-refractivity contribution in [1.29, 1.82) is 0 Å². The van der Waals surface area contributed by atoms with Crippen LogP contribution in [-0.4, -0.2) is 31.4 Å². The van der Waals surface area contributed by atoms with Crippen LogP contribution in [0, 0.1) is 5.41 Å². The standard InChI is InChI=1S/C15H19NO6/c1-15(2,3)13(18)20-10-21-14(19)16-9-12(17)22-11-7-5-4-6-8-11/h4-8H,9-10H2,1-3H3,(H,16,19). The van der Waals surface area contributed by atoms with Crippen LogP contribution in [0.4, 0.5) is 4.79 Å². The van der Waals surface area contributed by atoms with Gasteiger partial charge in [-0.25, -0.2) is 9.59 Å². The lowest BCUT2D eigenvalue weighted by molar-refractivity contribution is -0.161. The highest BCUT2D eigenvalue weighted by Gasteiger charge is 2.23. The van der Waals surface area contributed by atoms with Gasteiger partial charge in [-0.15, -0.1) is 0 Å². The van der Waals surface area contributed by atoms with Crippen LogP contribution in [0.2, 0.25) is 0 Å². The maximum Gasteiger partial charge on any atom is 0.410 e. The maximum atomic E-state index is 11.5. The summed E-state index contributed by atoms with van der Waals surface area (Å²) in [7, 11) is 0. The van der Waals surface area contributed by atoms with Crippen LogP contribution in [-0.2, 0) is 19.1 Å². The third-order valence-corrected chi connectivity index (χ3v) is 2.34. The molecule has 0 fully saturated rings. The molecule has 0 atom stereocenters. The number of benzene rings is 1. The molecule has 1 aromatic rings. The number of hydrogen-bond donors (Lipinski definition) is 1. The van der Waals surface area contributed by atoms with Gasteiger partial charge in [0.1, 0.15) is 12.3 Å². The Labute approximate surface area is 128 Å². The quantitative estimate of drug-likeness (QED) is 0.507. The van der Waals surface area contributed by atoms with Crippen molar-refractivity contribution in [3.63, 3.8) is 0 Å². The van der Waals surface area contributed by atoms with Crippen molar-refractivity contribution in [2.24, 2.45) is 5.41 Å². The molecule has 0 saturated carbocycles. The summed E-state index contributed by atoms with van der Waals surface area (Å²) in [6, 6.07) is 8.44. The summed E-state index contributed by atoms with van der Waals surface area (Å²) in [6.07, 6.45) is -0.883. The number of hydrogen-bond acceptors (Lipinski definition) is 6. The molecule has 0 aromatic heterocycles. The summed E-state index contributed by atoms with van der Waals surface area (Å²) in [4.78, 5) is 34.2. The highest BCUT2D eigenvalue weighted by molar-refractivity contribution is 5.79. The van der Waals surface area contributed by atoms with E-state index >= 15 is 0 Å². The minimum Gasteiger partial charge on any atom is -0.427 e. The molecular formula is C15H19NO6. The lowest BCUT2D eigenvalue weighted by Crippen LogP contribution is -2.33. The minimum absolute atomic E-state index is 0.360. The average molecular weight is 309 g/mol. The third-order valence-electron chi connectivity index (χ3n) is 2.34. The first kappa shape index (κ1) is 17.5. The van der Waals surface area contributed by atoms with Crippen molar-refractivity contribution < 1.29 is 28.6 Å². The molecule has 0 spiro atoms. The van der Waals surface area contributed by atoms with Gasteiger partial charge in [0.25, 0.3) is 0 Å². The maximum absolute atomic E-state index is 11.5. The van der Waals surface area contributed by atoms with Gasteiger partial charge in [0.15, 0.2) is 0 Å². The Morgan fingerprint density at radius 3 is 2.27 bits per heavy atom. The Morgan fingerprint density at radius 2 is 1.68 bits per heavy atom. The molecule has 7 nitrogen and oxygen atoms in total. The molecule has 0 aliphatic rings. The zero-order valence-corrected chi connectivity index (χ0v) is 12.8. The topological polar surface area (TPSA) is 90.9 Å². The molecule has 1 amide bonds. The molecule has 0 radical (unpaired) electrons. The summed E-state index contributed by atoms with van der Waals surface area (Å²) in [5, 5.41) is 2.19. The Hall–Kier alpha value is -2.57. The lowest BCUT2D eigenvalue weighted by Gasteiger charge is -2.16. The van der Waals surface area contributed by atoms with Crippen molar-refractivity contribution in [2.45, 2.75) is 20.8 Å². The van der Waals surface area contributed by atoms with Crippen molar-refractivity contribution in [3.8, 4) is 5.75 Å². The Morgan fingerprint density at radius 1 is 1.05 bits per heavy atom. The van der Waals surface area contributed by atoms with E-state index in [1.165, 1.54) is 0 Å². The summed E-state index contributed by atoms with van der Waals surface area (Å²) < 4.78 is 14.3. The predicted octanol–water partition coefficient (Wildman–Crippen LogP) is 1.86. The Balaban J connectivity index is 2.20. The molecule has 7 heteroatoms. The van der Waals surface area contributed by atoms with E-state index in [1.807, 2.05) is 0 Å². The molecule has 0 unspecified atom stereocenters. The van der Waals surface area contributed by atoms with Crippen LogP contribution in [0.3, 0.4) is 0 Å². The number of carbonyl (C=O) groups is 3. The van der Waals surface area contributed by atoms with Gasteiger partial charge in [0.2, 0.25) is 6.79 Å². The minimum atomic E-state index is -0.883. The van der Waals surface area contributed by atoms with E-state index in [1.54, 1.807) is 51.1 Å². The SMILES string of the molecule is CC(C)(C)C(=O)OCOC(=O)NCC(=O)Oc1ccccc1. The van der Waals surface area contributed by atoms with Gasteiger partial charge in [-0.2, -0.15) is 0 Å². The fraction of sp³-hybridized carbons (Fsp3) is 0.400. The second-order valence-electron chi connectivity index (χ2n) is 5.37. The van der Waals surface area contributed by atoms with E-state index in [0.717, 1.165) is 0 Å². The van der Waals surface area contributed by atoms with Gasteiger partial charge < -0.3 is 19.5 Å². The van der Waals surface area contributed by atoms with E-state index < -0.39 is 30.2 Å². The van der Waals surface area contributed by atoms with Crippen LogP contribution in [0.25, 0.3) is 0 Å². The smallest absolute Gasteiger partial charge is 0.410 e. The molecule has 0 bridgehead atoms. The first-order chi connectivity index (χ1) is 10.3. The molecule has 0 aliphatic heterocycles. The van der Waals surface area contributed by atoms with Gasteiger partial charge in [0.05, 0.1) is 5.41 Å². The monoisotopic (exact) mass is 309 g/mol. The number of alkyl carbamates (subject to hydrolysis) is 1. The molecule has 1 rings (SSSR count). The molecule has 1 N–H and O–H groups in total. The number of carbonyl (C=O) groups excluding carboxylic acids is 3. The normalized spacial score (nSPS) is 10.5. The second kappa shape index (κ2) is 8.02. The fourth-order valence-electron chi connectivity index (χ4n) is 1.20. The fourth-order valence-corrected chi connectivity index (χ4v) is 1.20. The molecule has 1 aromatic carbocycles. The van der Waals surface area contributed by atoms with Gasteiger partial charge in [0, 0.05) is 0 Å². The number of amides is 1. The van der Waals surface area contributed by atoms with Crippen LogP contribution in [0.5, 0.6) is 5.75 Å². The number of para-hydroxylation sites is 1. The third kappa shape index (κ3) is 6.74. The van der Waals surface area contributed by atoms with E-state index in [-0.39, 0.29) is 6.54 Å². The number of nitrogens with one attached hydrogen (secondary N) is 1. The Kier molecular flexibility index (Phi) is 6.37. The van der Waals surface area contributed by atoms with Crippen LogP contribution >= 0.6 is 0 Å². The van der Waals surface area contributed by atoms with Gasteiger partial charge in [-0.3, -0.25) is 4.79 Å². The average Bonchev–Trinajstić information content (AvgIpc) is 2.45. The highest BCUT2D eigenvalue weighted by Crippen LogP contribution is 2.14. The van der Waals surface area contributed by atoms with Gasteiger partial charge in [-0.1, -0.05) is 18.2 Å². The van der Waals surface area contributed by atoms with Crippen molar-refractivity contribution in [2.75, 3.05) is 13.3 Å². The highest BCUT2D eigenvalue weighted by atomic mass is 16.7. The summed E-state index contributed by atoms with van der Waals surface area (Å²) in [5.74, 6) is -0.764. The first-order valence-electron chi connectivity index (χ1n) is 6.62. The molecule has 0 heterocycles. The van der Waals surface area contributed by atoms with Gasteiger partial charge >= 0.3 is 18.0 Å². The number of esters is 2. The Bertz CT molecular complexity index is 521. The van der Waals surface area contributed by atoms with E-state index in [9.17, 15) is 14.4 Å². The van der Waals surface area contributed by atoms with E-state index in [0.29, 0.717) is 5.75 Å². The van der Waals surface area contributed by atoms with Crippen LogP contribution in [0.15, 0.2) is 30.3 Å². The molecule has 120 valence electrons. The van der Waals surface area contributed by atoms with Crippen LogP contribution in [0.1, 0.15) is 20.8 Å². The zero-order chi connectivity index (χ0) is 16.6.